The molecule has 0 spiro atoms. The van der Waals surface area contributed by atoms with Crippen LogP contribution in [-0.2, 0) is 23.8 Å². The smallest absolute Gasteiger partial charge is 0.385 e. The average Bonchev–Trinajstić information content (AvgIpc) is 3.46. The number of esters is 4. The summed E-state index contributed by atoms with van der Waals surface area (Å²) in [6.45, 7) is 6.21. The number of nitro benzene ring substituents is 3. The maximum atomic E-state index is 13.7. The fourth-order valence-corrected chi connectivity index (χ4v) is 7.51. The van der Waals surface area contributed by atoms with Gasteiger partial charge in [-0.15, -0.1) is 0 Å². The number of aliphatic imine (C=N–C) groups is 1. The van der Waals surface area contributed by atoms with Gasteiger partial charge in [-0.05, 0) is 53.8 Å². The number of rotatable bonds is 12. The third kappa shape index (κ3) is 9.78. The Morgan fingerprint density at radius 2 is 1.16 bits per heavy atom. The number of non-ortho nitro benzene ring substituents is 3. The lowest BCUT2D eigenvalue weighted by Gasteiger charge is -2.47. The Labute approximate surface area is 354 Å². The Morgan fingerprint density at radius 3 is 1.60 bits per heavy atom. The van der Waals surface area contributed by atoms with E-state index in [9.17, 15) is 63.9 Å². The highest BCUT2D eigenvalue weighted by Crippen LogP contribution is 2.49. The molecule has 23 heteroatoms. The van der Waals surface area contributed by atoms with Gasteiger partial charge in [0.15, 0.2) is 0 Å². The Morgan fingerprint density at radius 1 is 0.714 bits per heavy atom. The number of alkyl carbamates (subject to hydrolysis) is 1. The molecule has 3 heterocycles. The minimum absolute atomic E-state index is 0.0783. The molecule has 3 amide bonds. The van der Waals surface area contributed by atoms with Crippen LogP contribution in [-0.4, -0.2) is 98.1 Å². The highest BCUT2D eigenvalue weighted by Gasteiger charge is 2.59. The molecule has 63 heavy (non-hydrogen) atoms. The summed E-state index contributed by atoms with van der Waals surface area (Å²) in [6.07, 6.45) is -3.08. The van der Waals surface area contributed by atoms with Crippen molar-refractivity contribution in [3.8, 4) is 0 Å². The van der Waals surface area contributed by atoms with Gasteiger partial charge in [-0.25, -0.2) is 28.8 Å². The van der Waals surface area contributed by atoms with Crippen molar-refractivity contribution in [2.24, 2.45) is 28.7 Å². The van der Waals surface area contributed by atoms with Gasteiger partial charge >= 0.3 is 36.1 Å². The van der Waals surface area contributed by atoms with Crippen molar-refractivity contribution in [3.63, 3.8) is 0 Å². The second-order valence-electron chi connectivity index (χ2n) is 15.0. The standard InChI is InChI=1S/C40H35N7O16/c1-20(2)31-32-21(3)29(33(44(32)34(31)48)38(52)61-35(49)23-4-10-26(11-5-23)45(55)56)19-43-17-22(18-43)16-30(41-39(53)62-36(50)24-6-12-27(13-7-24)46(57)58)42-40(54)63-37(51)25-8-14-28(15-9-25)47(59)60/h4-15,20-22,31-32H,16-19H2,1-3H3,(H,41,42,53,54)/t21-,31+,32+/m0/s1. The van der Waals surface area contributed by atoms with Crippen molar-refractivity contribution >= 4 is 64.9 Å². The van der Waals surface area contributed by atoms with Gasteiger partial charge in [-0.3, -0.25) is 45.4 Å². The predicted octanol–water partition coefficient (Wildman–Crippen LogP) is 4.75. The first-order valence-corrected chi connectivity index (χ1v) is 19.0. The Bertz CT molecular complexity index is 2490. The van der Waals surface area contributed by atoms with Crippen LogP contribution in [0.25, 0.3) is 0 Å². The number of nitrogens with zero attached hydrogens (tertiary/aromatic N) is 6. The average molecular weight is 870 g/mol. The molecule has 2 fully saturated rings. The number of hydrogen-bond donors (Lipinski definition) is 1. The number of hydrogen-bond acceptors (Lipinski definition) is 17. The van der Waals surface area contributed by atoms with Gasteiger partial charge in [0.1, 0.15) is 11.5 Å². The summed E-state index contributed by atoms with van der Waals surface area (Å²) in [5.74, 6) is -6.55. The van der Waals surface area contributed by atoms with Gasteiger partial charge in [0, 0.05) is 68.4 Å². The number of β-lactam (4-membered cyclic amide) rings is 1. The van der Waals surface area contributed by atoms with Crippen molar-refractivity contribution in [2.75, 3.05) is 19.6 Å². The third-order valence-electron chi connectivity index (χ3n) is 10.6. The van der Waals surface area contributed by atoms with Crippen LogP contribution >= 0.6 is 0 Å². The van der Waals surface area contributed by atoms with Crippen LogP contribution < -0.4 is 5.32 Å². The number of fused-ring (bicyclic) bond motifs is 1. The van der Waals surface area contributed by atoms with Gasteiger partial charge in [0.2, 0.25) is 5.91 Å². The minimum Gasteiger partial charge on any atom is -0.385 e. The summed E-state index contributed by atoms with van der Waals surface area (Å²) >= 11 is 0. The largest absolute Gasteiger partial charge is 0.443 e. The van der Waals surface area contributed by atoms with Crippen molar-refractivity contribution in [2.45, 2.75) is 33.2 Å². The first-order chi connectivity index (χ1) is 29.8. The summed E-state index contributed by atoms with van der Waals surface area (Å²) in [5, 5.41) is 35.2. The third-order valence-corrected chi connectivity index (χ3v) is 10.6. The summed E-state index contributed by atoms with van der Waals surface area (Å²) in [5.41, 5.74) is -1.13. The molecular weight excluding hydrogens is 834 g/mol. The maximum absolute atomic E-state index is 13.7. The molecular formula is C40H35N7O16. The van der Waals surface area contributed by atoms with E-state index in [1.807, 2.05) is 25.7 Å². The maximum Gasteiger partial charge on any atom is 0.443 e. The molecule has 0 aromatic heterocycles. The van der Waals surface area contributed by atoms with E-state index in [0.29, 0.717) is 5.57 Å². The fraction of sp³-hybridized carbons (Fsp3) is 0.300. The monoisotopic (exact) mass is 869 g/mol. The molecule has 23 nitrogen and oxygen atoms in total. The van der Waals surface area contributed by atoms with Crippen molar-refractivity contribution in [1.29, 1.82) is 0 Å². The van der Waals surface area contributed by atoms with Gasteiger partial charge in [0.25, 0.3) is 17.1 Å². The molecule has 3 aromatic carbocycles. The molecule has 3 aliphatic rings. The number of nitrogens with one attached hydrogen (secondary N) is 1. The van der Waals surface area contributed by atoms with E-state index in [1.54, 1.807) is 0 Å². The lowest BCUT2D eigenvalue weighted by Crippen LogP contribution is -2.62. The molecule has 3 aliphatic heterocycles. The van der Waals surface area contributed by atoms with E-state index in [-0.39, 0.29) is 89.2 Å². The summed E-state index contributed by atoms with van der Waals surface area (Å²) in [6, 6.07) is 12.3. The summed E-state index contributed by atoms with van der Waals surface area (Å²) in [4.78, 5) is 129. The second kappa shape index (κ2) is 18.3. The molecule has 0 aliphatic carbocycles. The zero-order valence-corrected chi connectivity index (χ0v) is 33.4. The van der Waals surface area contributed by atoms with E-state index >= 15 is 0 Å². The molecule has 0 bridgehead atoms. The first kappa shape index (κ1) is 44.5. The van der Waals surface area contributed by atoms with Gasteiger partial charge < -0.3 is 19.1 Å². The SMILES string of the molecule is CC(C)[C@H]1C(=O)N2C(C(=O)OC(=O)c3ccc([N+](=O)[O-])cc3)=C(CN3CC(CC(=NC(=O)OC(=O)c4ccc([N+](=O)[O-])cc4)NC(=O)OC(=O)c4ccc([N+](=O)[O-])cc4)C3)[C@H](C)[C@H]12. The number of carbonyl (C=O) groups excluding carboxylic acids is 7. The normalized spacial score (nSPS) is 18.4. The van der Waals surface area contributed by atoms with Crippen LogP contribution in [0.1, 0.15) is 58.3 Å². The summed E-state index contributed by atoms with van der Waals surface area (Å²) < 4.78 is 14.7. The van der Waals surface area contributed by atoms with Crippen molar-refractivity contribution < 1.29 is 62.5 Å². The molecule has 0 unspecified atom stereocenters. The van der Waals surface area contributed by atoms with E-state index in [4.69, 9.17) is 14.2 Å². The Hall–Kier alpha value is -8.08. The van der Waals surface area contributed by atoms with E-state index in [0.717, 1.165) is 72.8 Å². The topological polar surface area (TPSA) is 307 Å². The molecule has 0 saturated carbocycles. The highest BCUT2D eigenvalue weighted by atomic mass is 16.6. The fourth-order valence-electron chi connectivity index (χ4n) is 7.51. The second-order valence-corrected chi connectivity index (χ2v) is 15.0. The lowest BCUT2D eigenvalue weighted by atomic mass is 9.74. The molecule has 0 radical (unpaired) electrons. The number of carbonyl (C=O) groups is 7. The van der Waals surface area contributed by atoms with Gasteiger partial charge in [-0.2, -0.15) is 4.99 Å². The zero-order chi connectivity index (χ0) is 45.9. The van der Waals surface area contributed by atoms with E-state index < -0.39 is 68.6 Å². The van der Waals surface area contributed by atoms with Crippen LogP contribution in [0.4, 0.5) is 26.7 Å². The molecule has 3 aromatic rings. The summed E-state index contributed by atoms with van der Waals surface area (Å²) in [7, 11) is 0. The Kier molecular flexibility index (Phi) is 12.9. The highest BCUT2D eigenvalue weighted by molar-refractivity contribution is 6.07. The van der Waals surface area contributed by atoms with Gasteiger partial charge in [0.05, 0.1) is 43.4 Å². The number of ether oxygens (including phenoxy) is 3. The van der Waals surface area contributed by atoms with Crippen LogP contribution in [0.3, 0.4) is 0 Å². The number of amidine groups is 1. The quantitative estimate of drug-likeness (QED) is 0.0375. The minimum atomic E-state index is -1.50. The van der Waals surface area contributed by atoms with Crippen LogP contribution in [0.15, 0.2) is 89.1 Å². The predicted molar refractivity (Wildman–Crippen MR) is 212 cm³/mol. The number of likely N-dealkylation sites (tertiary alicyclic amines) is 1. The molecule has 6 rings (SSSR count). The Balaban J connectivity index is 1.16. The number of amides is 3. The van der Waals surface area contributed by atoms with Crippen molar-refractivity contribution in [3.05, 3.63) is 131 Å². The molecule has 3 atom stereocenters. The van der Waals surface area contributed by atoms with Gasteiger partial charge in [-0.1, -0.05) is 20.8 Å². The number of nitro groups is 3. The zero-order valence-electron chi connectivity index (χ0n) is 33.4. The lowest BCUT2D eigenvalue weighted by molar-refractivity contribution is -0.385. The van der Waals surface area contributed by atoms with Crippen LogP contribution in [0.2, 0.25) is 0 Å². The first-order valence-electron chi connectivity index (χ1n) is 19.0. The molecule has 2 saturated heterocycles. The van der Waals surface area contributed by atoms with Crippen LogP contribution in [0, 0.1) is 54.0 Å². The molecule has 326 valence electrons. The van der Waals surface area contributed by atoms with E-state index in [2.05, 4.69) is 10.3 Å². The van der Waals surface area contributed by atoms with E-state index in [1.165, 1.54) is 4.90 Å². The van der Waals surface area contributed by atoms with Crippen molar-refractivity contribution in [1.82, 2.24) is 15.1 Å². The van der Waals surface area contributed by atoms with Crippen LogP contribution in [0.5, 0.6) is 0 Å². The molecule has 1 N–H and O–H groups in total. The number of benzene rings is 3.